The summed E-state index contributed by atoms with van der Waals surface area (Å²) in [5.74, 6) is -0.845. The van der Waals surface area contributed by atoms with E-state index >= 15 is 0 Å². The molecule has 1 rings (SSSR count). The van der Waals surface area contributed by atoms with Crippen molar-refractivity contribution < 1.29 is 24.5 Å². The topological polar surface area (TPSA) is 76.0 Å². The number of methoxy groups -OCH3 is 1. The highest BCUT2D eigenvalue weighted by Crippen LogP contribution is 2.21. The summed E-state index contributed by atoms with van der Waals surface area (Å²) < 4.78 is 9.79. The van der Waals surface area contributed by atoms with E-state index in [0.717, 1.165) is 0 Å². The monoisotopic (exact) mass is 190 g/mol. The Kier molecular flexibility index (Phi) is 3.38. The van der Waals surface area contributed by atoms with Crippen LogP contribution >= 0.6 is 0 Å². The number of hydrogen-bond donors (Lipinski definition) is 2. The zero-order chi connectivity index (χ0) is 10.0. The number of ether oxygens (including phenoxy) is 2. The third-order valence-electron chi connectivity index (χ3n) is 2.24. The Morgan fingerprint density at radius 2 is 2.08 bits per heavy atom. The molecule has 76 valence electrons. The van der Waals surface area contributed by atoms with E-state index in [1.54, 1.807) is 0 Å². The van der Waals surface area contributed by atoms with E-state index in [4.69, 9.17) is 9.47 Å². The number of aliphatic hydroxyl groups is 2. The molecule has 1 aliphatic rings. The molecule has 1 saturated heterocycles. The van der Waals surface area contributed by atoms with Gasteiger partial charge in [0.05, 0.1) is 18.6 Å². The molecule has 5 heteroatoms. The van der Waals surface area contributed by atoms with Crippen molar-refractivity contribution in [3.05, 3.63) is 0 Å². The third kappa shape index (κ3) is 2.05. The van der Waals surface area contributed by atoms with Crippen molar-refractivity contribution in [2.45, 2.75) is 25.4 Å². The zero-order valence-electron chi connectivity index (χ0n) is 7.64. The summed E-state index contributed by atoms with van der Waals surface area (Å²) in [6.07, 6.45) is -3.10. The van der Waals surface area contributed by atoms with Gasteiger partial charge in [0.15, 0.2) is 6.29 Å². The Morgan fingerprint density at radius 3 is 2.54 bits per heavy atom. The van der Waals surface area contributed by atoms with E-state index in [1.807, 2.05) is 0 Å². The fourth-order valence-electron chi connectivity index (χ4n) is 1.36. The van der Waals surface area contributed by atoms with Crippen LogP contribution < -0.4 is 0 Å². The number of carbonyl (C=O) groups is 1. The Hall–Kier alpha value is -0.490. The van der Waals surface area contributed by atoms with Crippen molar-refractivity contribution in [3.63, 3.8) is 0 Å². The van der Waals surface area contributed by atoms with Gasteiger partial charge in [0.25, 0.3) is 0 Å². The summed E-state index contributed by atoms with van der Waals surface area (Å²) in [4.78, 5) is 11.0. The van der Waals surface area contributed by atoms with Crippen LogP contribution in [0.25, 0.3) is 0 Å². The predicted molar refractivity (Wildman–Crippen MR) is 42.9 cm³/mol. The van der Waals surface area contributed by atoms with Gasteiger partial charge >= 0.3 is 0 Å². The molecule has 0 saturated carbocycles. The highest BCUT2D eigenvalue weighted by molar-refractivity contribution is 5.79. The second-order valence-corrected chi connectivity index (χ2v) is 3.14. The van der Waals surface area contributed by atoms with Crippen LogP contribution in [0.1, 0.15) is 6.92 Å². The second-order valence-electron chi connectivity index (χ2n) is 3.14. The molecule has 0 aromatic rings. The number of aliphatic hydroxyl groups excluding tert-OH is 2. The van der Waals surface area contributed by atoms with Crippen molar-refractivity contribution in [1.82, 2.24) is 0 Å². The summed E-state index contributed by atoms with van der Waals surface area (Å²) in [6, 6.07) is 0. The third-order valence-corrected chi connectivity index (χ3v) is 2.24. The van der Waals surface area contributed by atoms with Crippen LogP contribution in [0.2, 0.25) is 0 Å². The summed E-state index contributed by atoms with van der Waals surface area (Å²) in [5.41, 5.74) is 0. The predicted octanol–water partition coefficient (Wildman–Crippen LogP) is -1.08. The Morgan fingerprint density at radius 1 is 1.46 bits per heavy atom. The summed E-state index contributed by atoms with van der Waals surface area (Å²) >= 11 is 0. The Balaban J connectivity index is 2.64. The molecule has 0 bridgehead atoms. The molecule has 0 amide bonds. The minimum Gasteiger partial charge on any atom is -0.389 e. The van der Waals surface area contributed by atoms with Crippen molar-refractivity contribution in [1.29, 1.82) is 0 Å². The average Bonchev–Trinajstić information content (AvgIpc) is 2.09. The van der Waals surface area contributed by atoms with Crippen molar-refractivity contribution in [3.8, 4) is 0 Å². The SMILES string of the molecule is COC1OCC(C(C)=O)C(O)C1O. The van der Waals surface area contributed by atoms with Gasteiger partial charge in [-0.2, -0.15) is 0 Å². The molecule has 5 nitrogen and oxygen atoms in total. The van der Waals surface area contributed by atoms with Crippen LogP contribution in [0.15, 0.2) is 0 Å². The van der Waals surface area contributed by atoms with Crippen LogP contribution in [-0.2, 0) is 14.3 Å². The molecule has 4 unspecified atom stereocenters. The molecule has 0 aromatic carbocycles. The van der Waals surface area contributed by atoms with Crippen molar-refractivity contribution >= 4 is 5.78 Å². The van der Waals surface area contributed by atoms with Crippen molar-refractivity contribution in [2.75, 3.05) is 13.7 Å². The molecule has 1 heterocycles. The molecule has 2 N–H and O–H groups in total. The maximum absolute atomic E-state index is 11.0. The average molecular weight is 190 g/mol. The highest BCUT2D eigenvalue weighted by Gasteiger charge is 2.40. The van der Waals surface area contributed by atoms with Gasteiger partial charge < -0.3 is 19.7 Å². The van der Waals surface area contributed by atoms with E-state index in [-0.39, 0.29) is 12.4 Å². The first-order valence-corrected chi connectivity index (χ1v) is 4.09. The smallest absolute Gasteiger partial charge is 0.185 e. The largest absolute Gasteiger partial charge is 0.389 e. The van der Waals surface area contributed by atoms with Crippen LogP contribution in [0.4, 0.5) is 0 Å². The van der Waals surface area contributed by atoms with Gasteiger partial charge in [0.1, 0.15) is 11.9 Å². The number of Topliss-reactive ketones (excluding diaryl/α,β-unsaturated/α-hetero) is 1. The van der Waals surface area contributed by atoms with Gasteiger partial charge in [0.2, 0.25) is 0 Å². The minimum atomic E-state index is -1.16. The number of hydrogen-bond acceptors (Lipinski definition) is 5. The maximum atomic E-state index is 11.0. The molecule has 1 fully saturated rings. The van der Waals surface area contributed by atoms with Crippen LogP contribution in [0, 0.1) is 5.92 Å². The summed E-state index contributed by atoms with van der Waals surface area (Å²) in [6.45, 7) is 1.45. The van der Waals surface area contributed by atoms with Gasteiger partial charge in [-0.05, 0) is 6.92 Å². The number of carbonyl (C=O) groups excluding carboxylic acids is 1. The highest BCUT2D eigenvalue weighted by atomic mass is 16.7. The minimum absolute atomic E-state index is 0.0894. The molecular formula is C8H14O5. The lowest BCUT2D eigenvalue weighted by molar-refractivity contribution is -0.247. The number of rotatable bonds is 2. The lowest BCUT2D eigenvalue weighted by atomic mass is 9.92. The van der Waals surface area contributed by atoms with Crippen LogP contribution in [0.5, 0.6) is 0 Å². The van der Waals surface area contributed by atoms with Gasteiger partial charge in [-0.1, -0.05) is 0 Å². The standard InChI is InChI=1S/C8H14O5/c1-4(9)5-3-13-8(12-2)7(11)6(5)10/h5-8,10-11H,3H2,1-2H3. The fraction of sp³-hybridized carbons (Fsp3) is 0.875. The van der Waals surface area contributed by atoms with Crippen LogP contribution in [0.3, 0.4) is 0 Å². The lowest BCUT2D eigenvalue weighted by Crippen LogP contribution is -2.52. The van der Waals surface area contributed by atoms with Crippen molar-refractivity contribution in [2.24, 2.45) is 5.92 Å². The van der Waals surface area contributed by atoms with Gasteiger partial charge in [-0.15, -0.1) is 0 Å². The van der Waals surface area contributed by atoms with E-state index in [2.05, 4.69) is 0 Å². The van der Waals surface area contributed by atoms with E-state index in [9.17, 15) is 15.0 Å². The normalized spacial score (nSPS) is 40.3. The molecular weight excluding hydrogens is 176 g/mol. The molecule has 0 radical (unpaired) electrons. The molecule has 0 aromatic heterocycles. The first-order chi connectivity index (χ1) is 6.07. The Bertz CT molecular complexity index is 193. The molecule has 4 atom stereocenters. The van der Waals surface area contributed by atoms with Crippen LogP contribution in [-0.4, -0.2) is 48.2 Å². The first kappa shape index (κ1) is 10.6. The van der Waals surface area contributed by atoms with E-state index < -0.39 is 24.4 Å². The van der Waals surface area contributed by atoms with Gasteiger partial charge in [-0.25, -0.2) is 0 Å². The van der Waals surface area contributed by atoms with E-state index in [1.165, 1.54) is 14.0 Å². The molecule has 13 heavy (non-hydrogen) atoms. The van der Waals surface area contributed by atoms with E-state index in [0.29, 0.717) is 0 Å². The second kappa shape index (κ2) is 4.15. The van der Waals surface area contributed by atoms with Gasteiger partial charge in [-0.3, -0.25) is 4.79 Å². The molecule has 0 aliphatic carbocycles. The quantitative estimate of drug-likeness (QED) is 0.579. The number of ketones is 1. The molecule has 1 aliphatic heterocycles. The summed E-state index contributed by atoms with van der Waals surface area (Å²) in [7, 11) is 1.37. The Labute approximate surface area is 76.3 Å². The lowest BCUT2D eigenvalue weighted by Gasteiger charge is -2.35. The molecule has 0 spiro atoms. The fourth-order valence-corrected chi connectivity index (χ4v) is 1.36. The first-order valence-electron chi connectivity index (χ1n) is 4.09. The summed E-state index contributed by atoms with van der Waals surface area (Å²) in [5, 5.41) is 18.9. The maximum Gasteiger partial charge on any atom is 0.185 e. The van der Waals surface area contributed by atoms with Gasteiger partial charge in [0, 0.05) is 7.11 Å². The zero-order valence-corrected chi connectivity index (χ0v) is 7.64.